The monoisotopic (exact) mass is 440 g/mol. The fourth-order valence-electron chi connectivity index (χ4n) is 4.31. The van der Waals surface area contributed by atoms with Gasteiger partial charge in [-0.2, -0.15) is 0 Å². The van der Waals surface area contributed by atoms with Crippen molar-refractivity contribution in [3.8, 4) is 5.75 Å². The first-order valence-electron chi connectivity index (χ1n) is 10.2. The number of rotatable bonds is 4. The summed E-state index contributed by atoms with van der Waals surface area (Å²) in [7, 11) is 1.55. The molecule has 4 rings (SSSR count). The van der Waals surface area contributed by atoms with Crippen molar-refractivity contribution in [2.24, 2.45) is 0 Å². The lowest BCUT2D eigenvalue weighted by atomic mass is 10.0. The lowest BCUT2D eigenvalue weighted by Gasteiger charge is -2.37. The first-order chi connectivity index (χ1) is 14.8. The molecule has 1 saturated heterocycles. The van der Waals surface area contributed by atoms with Crippen molar-refractivity contribution >= 4 is 34.7 Å². The van der Waals surface area contributed by atoms with Gasteiger partial charge in [-0.1, -0.05) is 35.9 Å². The van der Waals surface area contributed by atoms with Crippen LogP contribution in [0.15, 0.2) is 48.2 Å². The Bertz CT molecular complexity index is 1070. The zero-order valence-corrected chi connectivity index (χ0v) is 18.8. The molecule has 2 aliphatic heterocycles. The Morgan fingerprint density at radius 1 is 1.03 bits per heavy atom. The summed E-state index contributed by atoms with van der Waals surface area (Å²) in [4.78, 5) is 30.7. The molecule has 0 spiro atoms. The van der Waals surface area contributed by atoms with E-state index >= 15 is 0 Å². The Labute approximate surface area is 187 Å². The number of imide groups is 1. The molecule has 7 heteroatoms. The van der Waals surface area contributed by atoms with Crippen LogP contribution in [-0.2, 0) is 14.3 Å². The van der Waals surface area contributed by atoms with Crippen LogP contribution in [0.25, 0.3) is 5.57 Å². The number of nitrogens with zero attached hydrogens (tertiary/aromatic N) is 2. The average Bonchev–Trinajstić information content (AvgIpc) is 2.99. The molecule has 2 unspecified atom stereocenters. The van der Waals surface area contributed by atoms with E-state index in [4.69, 9.17) is 21.1 Å². The largest absolute Gasteiger partial charge is 0.496 e. The molecule has 0 radical (unpaired) electrons. The van der Waals surface area contributed by atoms with E-state index in [1.54, 1.807) is 37.4 Å². The van der Waals surface area contributed by atoms with Crippen LogP contribution in [0.4, 0.5) is 5.69 Å². The number of para-hydroxylation sites is 1. The van der Waals surface area contributed by atoms with Crippen LogP contribution < -0.4 is 9.64 Å². The van der Waals surface area contributed by atoms with E-state index in [0.29, 0.717) is 46.4 Å². The van der Waals surface area contributed by atoms with Gasteiger partial charge in [0, 0.05) is 23.7 Å². The molecule has 31 heavy (non-hydrogen) atoms. The van der Waals surface area contributed by atoms with Crippen molar-refractivity contribution in [1.82, 2.24) is 4.90 Å². The third kappa shape index (κ3) is 3.82. The van der Waals surface area contributed by atoms with Gasteiger partial charge >= 0.3 is 0 Å². The number of anilines is 1. The average molecular weight is 441 g/mol. The van der Waals surface area contributed by atoms with Gasteiger partial charge in [-0.05, 0) is 44.5 Å². The molecule has 6 nitrogen and oxygen atoms in total. The van der Waals surface area contributed by atoms with Crippen molar-refractivity contribution in [3.63, 3.8) is 0 Å². The normalized spacial score (nSPS) is 21.8. The first kappa shape index (κ1) is 21.4. The number of amides is 2. The second-order valence-electron chi connectivity index (χ2n) is 7.96. The third-order valence-corrected chi connectivity index (χ3v) is 5.82. The molecule has 0 saturated carbocycles. The Kier molecular flexibility index (Phi) is 5.77. The van der Waals surface area contributed by atoms with Crippen molar-refractivity contribution in [1.29, 1.82) is 0 Å². The van der Waals surface area contributed by atoms with Gasteiger partial charge in [-0.3, -0.25) is 9.59 Å². The second-order valence-corrected chi connectivity index (χ2v) is 8.40. The quantitative estimate of drug-likeness (QED) is 0.671. The summed E-state index contributed by atoms with van der Waals surface area (Å²) in [5, 5.41) is 0.460. The van der Waals surface area contributed by atoms with Gasteiger partial charge in [0.15, 0.2) is 0 Å². The number of hydrogen-bond acceptors (Lipinski definition) is 5. The van der Waals surface area contributed by atoms with Gasteiger partial charge in [0.25, 0.3) is 11.8 Å². The summed E-state index contributed by atoms with van der Waals surface area (Å²) >= 11 is 6.21. The number of carbonyl (C=O) groups excluding carboxylic acids is 2. The van der Waals surface area contributed by atoms with E-state index in [1.165, 1.54) is 4.90 Å². The maximum Gasteiger partial charge on any atom is 0.282 e. The number of methoxy groups -OCH3 is 1. The van der Waals surface area contributed by atoms with Crippen LogP contribution in [0.5, 0.6) is 5.75 Å². The number of morpholine rings is 1. The van der Waals surface area contributed by atoms with E-state index in [-0.39, 0.29) is 24.0 Å². The molecule has 2 aliphatic rings. The van der Waals surface area contributed by atoms with Crippen LogP contribution in [0, 0.1) is 6.92 Å². The Morgan fingerprint density at radius 2 is 1.71 bits per heavy atom. The number of ether oxygens (including phenoxy) is 2. The fourth-order valence-corrected chi connectivity index (χ4v) is 4.47. The maximum atomic E-state index is 13.8. The molecule has 1 fully saturated rings. The summed E-state index contributed by atoms with van der Waals surface area (Å²) in [6.07, 6.45) is -0.139. The second kappa shape index (κ2) is 8.36. The third-order valence-electron chi connectivity index (χ3n) is 5.58. The highest BCUT2D eigenvalue weighted by Crippen LogP contribution is 2.40. The minimum atomic E-state index is -0.387. The van der Waals surface area contributed by atoms with Crippen molar-refractivity contribution < 1.29 is 19.1 Å². The molecule has 0 aliphatic carbocycles. The minimum absolute atomic E-state index is 0.0694. The number of carbonyl (C=O) groups is 2. The Hall–Kier alpha value is -2.83. The van der Waals surface area contributed by atoms with Gasteiger partial charge in [0.2, 0.25) is 0 Å². The van der Waals surface area contributed by atoms with Gasteiger partial charge in [0.1, 0.15) is 11.4 Å². The van der Waals surface area contributed by atoms with Crippen LogP contribution >= 0.6 is 11.6 Å². The van der Waals surface area contributed by atoms with E-state index in [9.17, 15) is 9.59 Å². The standard InChI is InChI=1S/C24H25ClN2O4/c1-14-9-10-17(25)11-19(14)27-23(28)21(18-7-5-6-8-20(18)30-4)22(24(27)29)26-12-15(2)31-16(3)13-26/h5-11,15-16H,12-13H2,1-4H3. The lowest BCUT2D eigenvalue weighted by Crippen LogP contribution is -2.47. The summed E-state index contributed by atoms with van der Waals surface area (Å²) in [6, 6.07) is 12.5. The predicted molar refractivity (Wildman–Crippen MR) is 120 cm³/mol. The minimum Gasteiger partial charge on any atom is -0.496 e. The van der Waals surface area contributed by atoms with Gasteiger partial charge in [-0.15, -0.1) is 0 Å². The molecule has 2 aromatic carbocycles. The zero-order chi connectivity index (χ0) is 22.3. The van der Waals surface area contributed by atoms with E-state index in [1.807, 2.05) is 37.8 Å². The van der Waals surface area contributed by atoms with Crippen molar-refractivity contribution in [2.75, 3.05) is 25.1 Å². The first-order valence-corrected chi connectivity index (χ1v) is 10.6. The molecule has 0 aromatic heterocycles. The van der Waals surface area contributed by atoms with Gasteiger partial charge < -0.3 is 14.4 Å². The smallest absolute Gasteiger partial charge is 0.282 e. The Balaban J connectivity index is 1.90. The molecule has 2 aromatic rings. The topological polar surface area (TPSA) is 59.1 Å². The number of aryl methyl sites for hydroxylation is 1. The molecule has 0 bridgehead atoms. The molecule has 2 atom stereocenters. The lowest BCUT2D eigenvalue weighted by molar-refractivity contribution is -0.121. The summed E-state index contributed by atoms with van der Waals surface area (Å²) < 4.78 is 11.4. The number of benzene rings is 2. The molecular weight excluding hydrogens is 416 g/mol. The van der Waals surface area contributed by atoms with Crippen LogP contribution in [0.1, 0.15) is 25.0 Å². The summed E-state index contributed by atoms with van der Waals surface area (Å²) in [6.45, 7) is 6.81. The Morgan fingerprint density at radius 3 is 2.39 bits per heavy atom. The molecular formula is C24H25ClN2O4. The predicted octanol–water partition coefficient (Wildman–Crippen LogP) is 4.05. The van der Waals surface area contributed by atoms with Gasteiger partial charge in [-0.25, -0.2) is 4.90 Å². The highest BCUT2D eigenvalue weighted by molar-refractivity contribution is 6.46. The molecule has 162 valence electrons. The summed E-state index contributed by atoms with van der Waals surface area (Å²) in [5.41, 5.74) is 2.57. The SMILES string of the molecule is COc1ccccc1C1=C(N2CC(C)OC(C)C2)C(=O)N(c2cc(Cl)ccc2C)C1=O. The maximum absolute atomic E-state index is 13.8. The fraction of sp³-hybridized carbons (Fsp3) is 0.333. The van der Waals surface area contributed by atoms with Crippen LogP contribution in [-0.4, -0.2) is 49.1 Å². The van der Waals surface area contributed by atoms with Crippen molar-refractivity contribution in [3.05, 3.63) is 64.3 Å². The van der Waals surface area contributed by atoms with Crippen LogP contribution in [0.2, 0.25) is 5.02 Å². The van der Waals surface area contributed by atoms with E-state index in [0.717, 1.165) is 5.56 Å². The molecule has 0 N–H and O–H groups in total. The van der Waals surface area contributed by atoms with Crippen LogP contribution in [0.3, 0.4) is 0 Å². The highest BCUT2D eigenvalue weighted by Gasteiger charge is 2.45. The van der Waals surface area contributed by atoms with Gasteiger partial charge in [0.05, 0.1) is 30.6 Å². The molecule has 2 amide bonds. The molecule has 2 heterocycles. The van der Waals surface area contributed by atoms with E-state index < -0.39 is 0 Å². The number of hydrogen-bond donors (Lipinski definition) is 0. The highest BCUT2D eigenvalue weighted by atomic mass is 35.5. The summed E-state index contributed by atoms with van der Waals surface area (Å²) in [5.74, 6) is -0.214. The van der Waals surface area contributed by atoms with Crippen molar-refractivity contribution in [2.45, 2.75) is 33.0 Å². The zero-order valence-electron chi connectivity index (χ0n) is 18.0. The number of halogens is 1. The van der Waals surface area contributed by atoms with E-state index in [2.05, 4.69) is 0 Å².